The lowest BCUT2D eigenvalue weighted by molar-refractivity contribution is -0.288. The number of hydrogen-bond donors (Lipinski definition) is 5. The standard InChI is InChI=1S/C43H36O17/c1-22(44)55-39-33(21-54-34(51)17-7-24-3-11-27(46)12-4-24)58-43(42(41(39)56-23(2)45)59-35(52)18-8-25-5-13-28(47)14-6-25)60-40-37(53)36-31(50)19-30(49)20-32(36)57-38(40)26-9-15-29(48)16-10-26/h3-20,33,39,41-43,46-50H,21H2,1-2H3/b17-7-,18-8+/t33-,39-,41+,42-,43-/m1/s1. The number of phenols is 5. The number of ether oxygens (including phenoxy) is 6. The fourth-order valence-electron chi connectivity index (χ4n) is 6.07. The normalized spacial score (nSPS) is 18.9. The van der Waals surface area contributed by atoms with Crippen molar-refractivity contribution >= 4 is 47.0 Å². The van der Waals surface area contributed by atoms with Crippen molar-refractivity contribution in [2.24, 2.45) is 0 Å². The van der Waals surface area contributed by atoms with E-state index in [1.54, 1.807) is 0 Å². The molecule has 1 aliphatic rings. The monoisotopic (exact) mass is 824 g/mol. The summed E-state index contributed by atoms with van der Waals surface area (Å²) in [7, 11) is 0. The van der Waals surface area contributed by atoms with Crippen molar-refractivity contribution < 1.29 is 77.5 Å². The predicted octanol–water partition coefficient (Wildman–Crippen LogP) is 4.84. The van der Waals surface area contributed by atoms with Gasteiger partial charge in [0.05, 0.1) is 0 Å². The first kappa shape index (κ1) is 41.8. The number of hydrogen-bond acceptors (Lipinski definition) is 17. The fourth-order valence-corrected chi connectivity index (χ4v) is 6.07. The van der Waals surface area contributed by atoms with E-state index < -0.39 is 89.3 Å². The Hall–Kier alpha value is -7.79. The molecule has 0 amide bonds. The molecule has 60 heavy (non-hydrogen) atoms. The summed E-state index contributed by atoms with van der Waals surface area (Å²) in [6.07, 6.45) is -4.02. The van der Waals surface area contributed by atoms with Gasteiger partial charge in [0.2, 0.25) is 23.6 Å². The SMILES string of the molecule is CC(=O)O[C@@H]1[C@@H](OC(=O)/C=C/c2ccc(O)cc2)[C@@H](Oc2c(-c3ccc(O)cc3)oc3cc(O)cc(O)c3c2=O)O[C@H](COC(=O)/C=C\c2ccc(O)cc2)[C@H]1OC(C)=O. The molecule has 0 spiro atoms. The van der Waals surface area contributed by atoms with Gasteiger partial charge in [0.15, 0.2) is 18.0 Å². The van der Waals surface area contributed by atoms with Gasteiger partial charge in [-0.2, -0.15) is 0 Å². The highest BCUT2D eigenvalue weighted by atomic mass is 16.7. The third kappa shape index (κ3) is 10.2. The molecule has 0 bridgehead atoms. The van der Waals surface area contributed by atoms with Crippen molar-refractivity contribution in [1.29, 1.82) is 0 Å². The zero-order chi connectivity index (χ0) is 43.1. The average molecular weight is 825 g/mol. The van der Waals surface area contributed by atoms with Crippen LogP contribution in [0, 0.1) is 0 Å². The maximum atomic E-state index is 14.3. The summed E-state index contributed by atoms with van der Waals surface area (Å²) < 4.78 is 40.7. The van der Waals surface area contributed by atoms with Crippen LogP contribution in [-0.2, 0) is 42.9 Å². The van der Waals surface area contributed by atoms with E-state index in [-0.39, 0.29) is 34.2 Å². The van der Waals surface area contributed by atoms with Crippen molar-refractivity contribution in [2.75, 3.05) is 6.61 Å². The Morgan fingerprint density at radius 1 is 0.650 bits per heavy atom. The molecule has 0 radical (unpaired) electrons. The molecule has 5 aromatic rings. The Balaban J connectivity index is 1.44. The van der Waals surface area contributed by atoms with E-state index in [9.17, 15) is 49.5 Å². The summed E-state index contributed by atoms with van der Waals surface area (Å²) in [4.78, 5) is 65.8. The number of rotatable bonds is 12. The molecule has 5 atom stereocenters. The number of aromatic hydroxyl groups is 5. The summed E-state index contributed by atoms with van der Waals surface area (Å²) in [6, 6.07) is 18.8. The topological polar surface area (TPSA) is 255 Å². The quantitative estimate of drug-likeness (QED) is 0.0641. The summed E-state index contributed by atoms with van der Waals surface area (Å²) in [6.45, 7) is 1.35. The Labute approximate surface area is 339 Å². The minimum absolute atomic E-state index is 0.00453. The molecule has 1 saturated heterocycles. The molecule has 1 aliphatic heterocycles. The van der Waals surface area contributed by atoms with Gasteiger partial charge in [0.25, 0.3) is 0 Å². The average Bonchev–Trinajstić information content (AvgIpc) is 3.19. The number of carbonyl (C=O) groups is 4. The molecule has 1 fully saturated rings. The minimum atomic E-state index is -1.97. The number of esters is 4. The molecule has 310 valence electrons. The van der Waals surface area contributed by atoms with Gasteiger partial charge < -0.3 is 58.4 Å². The van der Waals surface area contributed by atoms with Crippen LogP contribution >= 0.6 is 0 Å². The molecule has 5 N–H and O–H groups in total. The second-order valence-electron chi connectivity index (χ2n) is 13.2. The first-order valence-corrected chi connectivity index (χ1v) is 18.0. The Morgan fingerprint density at radius 3 is 1.75 bits per heavy atom. The van der Waals surface area contributed by atoms with Crippen molar-refractivity contribution in [3.63, 3.8) is 0 Å². The minimum Gasteiger partial charge on any atom is -0.508 e. The van der Waals surface area contributed by atoms with Crippen LogP contribution in [0.5, 0.6) is 34.5 Å². The third-order valence-electron chi connectivity index (χ3n) is 8.73. The Kier molecular flexibility index (Phi) is 12.7. The fraction of sp³-hybridized carbons (Fsp3) is 0.186. The van der Waals surface area contributed by atoms with Crippen molar-refractivity contribution in [3.05, 3.63) is 118 Å². The van der Waals surface area contributed by atoms with Gasteiger partial charge in [-0.05, 0) is 71.8 Å². The van der Waals surface area contributed by atoms with Crippen LogP contribution in [0.1, 0.15) is 25.0 Å². The van der Waals surface area contributed by atoms with Crippen molar-refractivity contribution in [3.8, 4) is 45.8 Å². The van der Waals surface area contributed by atoms with Gasteiger partial charge in [-0.25, -0.2) is 9.59 Å². The van der Waals surface area contributed by atoms with E-state index in [0.717, 1.165) is 38.1 Å². The smallest absolute Gasteiger partial charge is 0.331 e. The molecule has 1 aromatic heterocycles. The number of fused-ring (bicyclic) bond motifs is 1. The molecule has 0 unspecified atom stereocenters. The Morgan fingerprint density at radius 2 is 1.18 bits per heavy atom. The van der Waals surface area contributed by atoms with E-state index in [1.165, 1.54) is 84.9 Å². The summed E-state index contributed by atoms with van der Waals surface area (Å²) in [5.41, 5.74) is -0.176. The highest BCUT2D eigenvalue weighted by Crippen LogP contribution is 2.38. The van der Waals surface area contributed by atoms with Gasteiger partial charge in [0, 0.05) is 43.7 Å². The lowest BCUT2D eigenvalue weighted by Crippen LogP contribution is -2.63. The molecule has 6 rings (SSSR count). The zero-order valence-electron chi connectivity index (χ0n) is 31.6. The van der Waals surface area contributed by atoms with Crippen LogP contribution in [0.4, 0.5) is 0 Å². The van der Waals surface area contributed by atoms with E-state index in [2.05, 4.69) is 0 Å². The highest BCUT2D eigenvalue weighted by molar-refractivity contribution is 5.89. The maximum absolute atomic E-state index is 14.3. The van der Waals surface area contributed by atoms with Gasteiger partial charge in [0.1, 0.15) is 52.4 Å². The number of phenolic OH excluding ortho intramolecular Hbond substituents is 5. The lowest BCUT2D eigenvalue weighted by atomic mass is 9.98. The molecule has 0 aliphatic carbocycles. The first-order chi connectivity index (χ1) is 28.6. The van der Waals surface area contributed by atoms with Gasteiger partial charge in [-0.1, -0.05) is 24.3 Å². The molecular formula is C43H36O17. The van der Waals surface area contributed by atoms with E-state index in [0.29, 0.717) is 11.1 Å². The van der Waals surface area contributed by atoms with Gasteiger partial charge in [-0.3, -0.25) is 14.4 Å². The van der Waals surface area contributed by atoms with Crippen LogP contribution in [-0.4, -0.2) is 86.7 Å². The second-order valence-corrected chi connectivity index (χ2v) is 13.2. The van der Waals surface area contributed by atoms with Crippen LogP contribution in [0.3, 0.4) is 0 Å². The number of carbonyl (C=O) groups excluding carboxylic acids is 4. The van der Waals surface area contributed by atoms with Gasteiger partial charge in [-0.15, -0.1) is 0 Å². The molecule has 4 aromatic carbocycles. The van der Waals surface area contributed by atoms with Crippen molar-refractivity contribution in [2.45, 2.75) is 44.6 Å². The van der Waals surface area contributed by atoms with Crippen LogP contribution in [0.15, 0.2) is 106 Å². The third-order valence-corrected chi connectivity index (χ3v) is 8.73. The summed E-state index contributed by atoms with van der Waals surface area (Å²) >= 11 is 0. The summed E-state index contributed by atoms with van der Waals surface area (Å²) in [5.74, 6) is -6.18. The second kappa shape index (κ2) is 18.2. The molecule has 0 saturated carbocycles. The molecule has 2 heterocycles. The summed E-state index contributed by atoms with van der Waals surface area (Å²) in [5, 5.41) is 49.7. The highest BCUT2D eigenvalue weighted by Gasteiger charge is 2.54. The Bertz CT molecular complexity index is 2500. The van der Waals surface area contributed by atoms with Crippen LogP contribution in [0.25, 0.3) is 34.4 Å². The van der Waals surface area contributed by atoms with Crippen LogP contribution < -0.4 is 10.2 Å². The van der Waals surface area contributed by atoms with Crippen LogP contribution in [0.2, 0.25) is 0 Å². The van der Waals surface area contributed by atoms with Gasteiger partial charge >= 0.3 is 23.9 Å². The molecule has 17 heteroatoms. The molecule has 17 nitrogen and oxygen atoms in total. The first-order valence-electron chi connectivity index (χ1n) is 18.0. The zero-order valence-corrected chi connectivity index (χ0v) is 31.6. The largest absolute Gasteiger partial charge is 0.508 e. The van der Waals surface area contributed by atoms with E-state index in [4.69, 9.17) is 32.8 Å². The predicted molar refractivity (Wildman–Crippen MR) is 208 cm³/mol. The van der Waals surface area contributed by atoms with Crippen molar-refractivity contribution in [1.82, 2.24) is 0 Å². The number of benzene rings is 4. The van der Waals surface area contributed by atoms with E-state index >= 15 is 0 Å². The maximum Gasteiger partial charge on any atom is 0.331 e. The van der Waals surface area contributed by atoms with E-state index in [1.807, 2.05) is 0 Å². The lowest BCUT2D eigenvalue weighted by Gasteiger charge is -2.43. The molecular weight excluding hydrogens is 788 g/mol.